The van der Waals surface area contributed by atoms with Crippen LogP contribution in [0.2, 0.25) is 0 Å². The fourth-order valence-electron chi connectivity index (χ4n) is 2.09. The molecule has 0 aliphatic heterocycles. The molecule has 0 bridgehead atoms. The summed E-state index contributed by atoms with van der Waals surface area (Å²) in [5.74, 6) is 0.870. The molecule has 4 heteroatoms. The highest BCUT2D eigenvalue weighted by Gasteiger charge is 2.22. The molecular weight excluding hydrogens is 242 g/mol. The van der Waals surface area contributed by atoms with Crippen molar-refractivity contribution < 1.29 is 13.9 Å². The van der Waals surface area contributed by atoms with Gasteiger partial charge in [0, 0.05) is 0 Å². The summed E-state index contributed by atoms with van der Waals surface area (Å²) in [4.78, 5) is 0. The summed E-state index contributed by atoms with van der Waals surface area (Å²) < 4.78 is 10.6. The highest BCUT2D eigenvalue weighted by Crippen LogP contribution is 2.44. The topological polar surface area (TPSA) is 72.5 Å². The summed E-state index contributed by atoms with van der Waals surface area (Å²) in [5.41, 5.74) is 8.25. The molecule has 0 radical (unpaired) electrons. The molecule has 4 nitrogen and oxygen atoms in total. The normalized spacial score (nSPS) is 10.8. The number of anilines is 1. The first kappa shape index (κ1) is 11.5. The van der Waals surface area contributed by atoms with E-state index < -0.39 is 0 Å². The van der Waals surface area contributed by atoms with E-state index in [0.717, 1.165) is 11.1 Å². The first-order valence-corrected chi connectivity index (χ1v) is 5.89. The van der Waals surface area contributed by atoms with Gasteiger partial charge < -0.3 is 19.7 Å². The van der Waals surface area contributed by atoms with Crippen LogP contribution in [-0.4, -0.2) is 5.11 Å². The number of aromatic hydroxyl groups is 1. The number of hydrogen-bond donors (Lipinski definition) is 2. The second-order valence-corrected chi connectivity index (χ2v) is 4.37. The van der Waals surface area contributed by atoms with Crippen molar-refractivity contribution in [2.24, 2.45) is 0 Å². The van der Waals surface area contributed by atoms with Gasteiger partial charge in [-0.3, -0.25) is 0 Å². The molecular formula is C15H13NO3. The van der Waals surface area contributed by atoms with Gasteiger partial charge in [0.25, 0.3) is 0 Å². The Balaban J connectivity index is 2.18. The minimum atomic E-state index is -0.00181. The zero-order chi connectivity index (χ0) is 13.4. The van der Waals surface area contributed by atoms with Crippen molar-refractivity contribution in [2.45, 2.75) is 6.92 Å². The number of nitrogens with two attached hydrogens (primary N) is 1. The lowest BCUT2D eigenvalue weighted by Gasteiger charge is -2.01. The molecule has 3 rings (SSSR count). The molecule has 0 spiro atoms. The Bertz CT molecular complexity index is 711. The molecule has 0 saturated heterocycles. The molecule has 19 heavy (non-hydrogen) atoms. The van der Waals surface area contributed by atoms with E-state index >= 15 is 0 Å². The molecule has 0 aliphatic carbocycles. The van der Waals surface area contributed by atoms with E-state index in [4.69, 9.17) is 14.6 Å². The Kier molecular flexibility index (Phi) is 2.56. The first-order valence-electron chi connectivity index (χ1n) is 5.89. The standard InChI is InChI=1S/C15H13NO3/c1-9-4-2-5-10(8-9)12-13(17)14(19-15(12)16)11-6-3-7-18-11/h2-8,17H,16H2,1H3. The van der Waals surface area contributed by atoms with Gasteiger partial charge in [-0.15, -0.1) is 0 Å². The average Bonchev–Trinajstić information content (AvgIpc) is 2.97. The molecule has 3 aromatic rings. The molecule has 0 aliphatic rings. The van der Waals surface area contributed by atoms with Crippen LogP contribution in [0, 0.1) is 6.92 Å². The molecule has 2 heterocycles. The second-order valence-electron chi connectivity index (χ2n) is 4.37. The summed E-state index contributed by atoms with van der Waals surface area (Å²) >= 11 is 0. The van der Waals surface area contributed by atoms with Gasteiger partial charge in [-0.1, -0.05) is 29.8 Å². The van der Waals surface area contributed by atoms with Gasteiger partial charge >= 0.3 is 0 Å². The van der Waals surface area contributed by atoms with Gasteiger partial charge in [0.2, 0.25) is 11.6 Å². The van der Waals surface area contributed by atoms with Crippen LogP contribution in [0.25, 0.3) is 22.6 Å². The fourth-order valence-corrected chi connectivity index (χ4v) is 2.09. The Hall–Kier alpha value is -2.62. The zero-order valence-electron chi connectivity index (χ0n) is 10.4. The van der Waals surface area contributed by atoms with Crippen LogP contribution in [-0.2, 0) is 0 Å². The largest absolute Gasteiger partial charge is 0.504 e. The lowest BCUT2D eigenvalue weighted by atomic mass is 10.0. The minimum absolute atomic E-state index is 0.00181. The highest BCUT2D eigenvalue weighted by molar-refractivity contribution is 5.85. The van der Waals surface area contributed by atoms with E-state index in [-0.39, 0.29) is 17.4 Å². The van der Waals surface area contributed by atoms with Crippen LogP contribution < -0.4 is 5.73 Å². The van der Waals surface area contributed by atoms with E-state index in [0.29, 0.717) is 11.3 Å². The van der Waals surface area contributed by atoms with Gasteiger partial charge in [-0.25, -0.2) is 0 Å². The van der Waals surface area contributed by atoms with Crippen LogP contribution in [0.1, 0.15) is 5.56 Å². The fraction of sp³-hybridized carbons (Fsp3) is 0.0667. The maximum Gasteiger partial charge on any atom is 0.214 e. The van der Waals surface area contributed by atoms with Crippen LogP contribution in [0.3, 0.4) is 0 Å². The molecule has 96 valence electrons. The molecule has 1 aromatic carbocycles. The van der Waals surface area contributed by atoms with E-state index in [1.54, 1.807) is 12.1 Å². The smallest absolute Gasteiger partial charge is 0.214 e. The Morgan fingerprint density at radius 2 is 2.00 bits per heavy atom. The third-order valence-electron chi connectivity index (χ3n) is 2.96. The number of furan rings is 2. The van der Waals surface area contributed by atoms with Crippen molar-refractivity contribution in [2.75, 3.05) is 5.73 Å². The Morgan fingerprint density at radius 1 is 1.16 bits per heavy atom. The third kappa shape index (κ3) is 1.87. The number of hydrogen-bond acceptors (Lipinski definition) is 4. The van der Waals surface area contributed by atoms with Crippen LogP contribution in [0.5, 0.6) is 5.75 Å². The van der Waals surface area contributed by atoms with Gasteiger partial charge in [-0.05, 0) is 24.6 Å². The van der Waals surface area contributed by atoms with E-state index in [1.165, 1.54) is 6.26 Å². The van der Waals surface area contributed by atoms with Crippen LogP contribution in [0.4, 0.5) is 5.88 Å². The number of nitrogen functional groups attached to an aromatic ring is 1. The molecule has 0 fully saturated rings. The van der Waals surface area contributed by atoms with Crippen molar-refractivity contribution in [1.29, 1.82) is 0 Å². The Morgan fingerprint density at radius 3 is 2.68 bits per heavy atom. The lowest BCUT2D eigenvalue weighted by molar-refractivity contribution is 0.457. The van der Waals surface area contributed by atoms with Crippen LogP contribution in [0.15, 0.2) is 51.5 Å². The summed E-state index contributed by atoms with van der Waals surface area (Å²) in [6, 6.07) is 11.1. The van der Waals surface area contributed by atoms with Gasteiger partial charge in [0.15, 0.2) is 11.5 Å². The quantitative estimate of drug-likeness (QED) is 0.730. The molecule has 0 saturated carbocycles. The zero-order valence-corrected chi connectivity index (χ0v) is 10.4. The van der Waals surface area contributed by atoms with Crippen molar-refractivity contribution >= 4 is 5.88 Å². The monoisotopic (exact) mass is 255 g/mol. The van der Waals surface area contributed by atoms with E-state index in [2.05, 4.69) is 0 Å². The summed E-state index contributed by atoms with van der Waals surface area (Å²) in [5, 5.41) is 10.3. The average molecular weight is 255 g/mol. The molecule has 2 aromatic heterocycles. The van der Waals surface area contributed by atoms with Gasteiger partial charge in [0.1, 0.15) is 0 Å². The lowest BCUT2D eigenvalue weighted by Crippen LogP contribution is -1.85. The highest BCUT2D eigenvalue weighted by atomic mass is 16.4. The van der Waals surface area contributed by atoms with Crippen molar-refractivity contribution in [3.8, 4) is 28.4 Å². The van der Waals surface area contributed by atoms with Crippen molar-refractivity contribution in [3.05, 3.63) is 48.2 Å². The molecule has 0 unspecified atom stereocenters. The minimum Gasteiger partial charge on any atom is -0.504 e. The van der Waals surface area contributed by atoms with Gasteiger partial charge in [0.05, 0.1) is 11.8 Å². The molecule has 0 amide bonds. The molecule has 3 N–H and O–H groups in total. The van der Waals surface area contributed by atoms with E-state index in [1.807, 2.05) is 31.2 Å². The summed E-state index contributed by atoms with van der Waals surface area (Å²) in [6.45, 7) is 1.98. The summed E-state index contributed by atoms with van der Waals surface area (Å²) in [7, 11) is 0. The Labute approximate surface area is 110 Å². The number of benzene rings is 1. The third-order valence-corrected chi connectivity index (χ3v) is 2.96. The second kappa shape index (κ2) is 4.24. The maximum absolute atomic E-state index is 10.3. The first-order chi connectivity index (χ1) is 9.16. The predicted molar refractivity (Wildman–Crippen MR) is 72.7 cm³/mol. The van der Waals surface area contributed by atoms with E-state index in [9.17, 15) is 5.11 Å². The van der Waals surface area contributed by atoms with Crippen LogP contribution >= 0.6 is 0 Å². The number of rotatable bonds is 2. The number of aryl methyl sites for hydroxylation is 1. The summed E-state index contributed by atoms with van der Waals surface area (Å²) in [6.07, 6.45) is 1.51. The van der Waals surface area contributed by atoms with Crippen molar-refractivity contribution in [1.82, 2.24) is 0 Å². The SMILES string of the molecule is Cc1cccc(-c2c(N)oc(-c3ccco3)c2O)c1. The maximum atomic E-state index is 10.3. The van der Waals surface area contributed by atoms with Gasteiger partial charge in [-0.2, -0.15) is 0 Å². The van der Waals surface area contributed by atoms with Crippen molar-refractivity contribution in [3.63, 3.8) is 0 Å². The molecule has 0 atom stereocenters. The predicted octanol–water partition coefficient (Wildman–Crippen LogP) is 3.80.